The zero-order valence-electron chi connectivity index (χ0n) is 21.1. The van der Waals surface area contributed by atoms with E-state index in [-0.39, 0.29) is 26.4 Å². The first-order valence-electron chi connectivity index (χ1n) is 11.5. The Morgan fingerprint density at radius 3 is 2.32 bits per heavy atom. The summed E-state index contributed by atoms with van der Waals surface area (Å²) in [6, 6.07) is 14.0. The summed E-state index contributed by atoms with van der Waals surface area (Å²) in [6.45, 7) is 6.00. The Kier molecular flexibility index (Phi) is 7.56. The highest BCUT2D eigenvalue weighted by molar-refractivity contribution is 7.92. The molecule has 38 heavy (non-hydrogen) atoms. The number of esters is 1. The minimum atomic E-state index is -4.27. The monoisotopic (exact) mass is 573 g/mol. The normalized spacial score (nSPS) is 11.9. The van der Waals surface area contributed by atoms with Crippen molar-refractivity contribution in [1.29, 1.82) is 0 Å². The molecule has 0 aliphatic carbocycles. The van der Waals surface area contributed by atoms with Gasteiger partial charge in [0.05, 0.1) is 16.1 Å². The van der Waals surface area contributed by atoms with Gasteiger partial charge in [-0.3, -0.25) is 13.9 Å². The van der Waals surface area contributed by atoms with Crippen molar-refractivity contribution in [1.82, 2.24) is 9.55 Å². The van der Waals surface area contributed by atoms with E-state index in [0.717, 1.165) is 9.82 Å². The van der Waals surface area contributed by atoms with E-state index in [1.165, 1.54) is 25.1 Å². The summed E-state index contributed by atoms with van der Waals surface area (Å²) in [6.07, 6.45) is 3.32. The molecule has 4 aromatic rings. The van der Waals surface area contributed by atoms with E-state index < -0.39 is 28.1 Å². The molecule has 0 saturated heterocycles. The van der Waals surface area contributed by atoms with Gasteiger partial charge in [0.1, 0.15) is 18.0 Å². The lowest BCUT2D eigenvalue weighted by atomic mass is 10.2. The molecule has 0 fully saturated rings. The van der Waals surface area contributed by atoms with Gasteiger partial charge >= 0.3 is 5.97 Å². The lowest BCUT2D eigenvalue weighted by Crippen LogP contribution is -2.39. The fourth-order valence-corrected chi connectivity index (χ4v) is 5.99. The number of anilines is 1. The van der Waals surface area contributed by atoms with Gasteiger partial charge in [-0.15, -0.1) is 0 Å². The summed E-state index contributed by atoms with van der Waals surface area (Å²) in [7, 11) is -4.27. The molecule has 0 unspecified atom stereocenters. The number of ketones is 1. The molecule has 0 amide bonds. The van der Waals surface area contributed by atoms with E-state index in [0.29, 0.717) is 16.8 Å². The standard InChI is InChI=1S/C27H25Cl2N3O5S/c1-17(33)18-7-9-30-25(12-18)31-10-8-19-11-22(5-6-24(19)31)32(16-26(34)37-27(2,3)4)38(35,36)23-14-20(28)13-21(29)15-23/h5-15H,16H2,1-4H3. The van der Waals surface area contributed by atoms with Crippen molar-refractivity contribution in [2.24, 2.45) is 0 Å². The van der Waals surface area contributed by atoms with Crippen LogP contribution in [0.1, 0.15) is 38.1 Å². The Hall–Kier alpha value is -3.40. The van der Waals surface area contributed by atoms with Crippen molar-refractivity contribution in [2.75, 3.05) is 10.8 Å². The zero-order chi connectivity index (χ0) is 27.8. The Labute approximate surface area is 230 Å². The van der Waals surface area contributed by atoms with Crippen LogP contribution in [0.5, 0.6) is 0 Å². The average Bonchev–Trinajstić information content (AvgIpc) is 3.24. The van der Waals surface area contributed by atoms with Crippen molar-refractivity contribution in [3.63, 3.8) is 0 Å². The van der Waals surface area contributed by atoms with E-state index in [9.17, 15) is 18.0 Å². The maximum Gasteiger partial charge on any atom is 0.327 e. The Morgan fingerprint density at radius 1 is 1.00 bits per heavy atom. The molecule has 4 rings (SSSR count). The van der Waals surface area contributed by atoms with Gasteiger partial charge in [-0.05, 0) is 82.3 Å². The van der Waals surface area contributed by atoms with Crippen molar-refractivity contribution in [2.45, 2.75) is 38.2 Å². The fraction of sp³-hybridized carbons (Fsp3) is 0.222. The van der Waals surface area contributed by atoms with E-state index in [2.05, 4.69) is 4.98 Å². The third kappa shape index (κ3) is 6.01. The number of hydrogen-bond acceptors (Lipinski definition) is 6. The molecular formula is C27H25Cl2N3O5S. The Balaban J connectivity index is 1.81. The molecule has 2 aromatic carbocycles. The maximum atomic E-state index is 13.8. The second-order valence-corrected chi connectivity index (χ2v) is 12.3. The van der Waals surface area contributed by atoms with Crippen molar-refractivity contribution >= 4 is 61.6 Å². The molecule has 198 valence electrons. The van der Waals surface area contributed by atoms with Gasteiger partial charge in [0, 0.05) is 33.4 Å². The molecule has 0 aliphatic rings. The van der Waals surface area contributed by atoms with Crippen molar-refractivity contribution < 1.29 is 22.7 Å². The van der Waals surface area contributed by atoms with Gasteiger partial charge < -0.3 is 9.30 Å². The van der Waals surface area contributed by atoms with Crippen molar-refractivity contribution in [3.05, 3.63) is 82.6 Å². The zero-order valence-corrected chi connectivity index (χ0v) is 23.4. The summed E-state index contributed by atoms with van der Waals surface area (Å²) in [5.74, 6) is -0.277. The first-order valence-corrected chi connectivity index (χ1v) is 13.7. The van der Waals surface area contributed by atoms with E-state index in [1.807, 2.05) is 0 Å². The molecule has 2 aromatic heterocycles. The first-order chi connectivity index (χ1) is 17.7. The lowest BCUT2D eigenvalue weighted by molar-refractivity contribution is -0.152. The highest BCUT2D eigenvalue weighted by Gasteiger charge is 2.30. The summed E-state index contributed by atoms with van der Waals surface area (Å²) in [5, 5.41) is 0.966. The molecule has 11 heteroatoms. The number of benzene rings is 2. The van der Waals surface area contributed by atoms with Gasteiger partial charge in [-0.2, -0.15) is 0 Å². The maximum absolute atomic E-state index is 13.8. The Morgan fingerprint density at radius 2 is 1.68 bits per heavy atom. The largest absolute Gasteiger partial charge is 0.459 e. The topological polar surface area (TPSA) is 98.6 Å². The number of rotatable bonds is 7. The lowest BCUT2D eigenvalue weighted by Gasteiger charge is -2.26. The number of sulfonamides is 1. The predicted octanol–water partition coefficient (Wildman–Crippen LogP) is 6.07. The van der Waals surface area contributed by atoms with Gasteiger partial charge in [0.25, 0.3) is 10.0 Å². The number of halogens is 2. The van der Waals surface area contributed by atoms with Crippen LogP contribution in [0.4, 0.5) is 5.69 Å². The number of aromatic nitrogens is 2. The second-order valence-electron chi connectivity index (χ2n) is 9.59. The van der Waals surface area contributed by atoms with Crippen LogP contribution < -0.4 is 4.31 Å². The molecule has 8 nitrogen and oxygen atoms in total. The average molecular weight is 574 g/mol. The van der Waals surface area contributed by atoms with E-state index in [1.54, 1.807) is 74.1 Å². The molecule has 0 N–H and O–H groups in total. The second kappa shape index (κ2) is 10.4. The SMILES string of the molecule is CC(=O)c1ccnc(-n2ccc3cc(N(CC(=O)OC(C)(C)C)S(=O)(=O)c4cc(Cl)cc(Cl)c4)ccc32)c1. The number of ether oxygens (including phenoxy) is 1. The van der Waals surface area contributed by atoms with Crippen LogP contribution in [0.3, 0.4) is 0 Å². The highest BCUT2D eigenvalue weighted by Crippen LogP contribution is 2.31. The number of hydrogen-bond donors (Lipinski definition) is 0. The summed E-state index contributed by atoms with van der Waals surface area (Å²) >= 11 is 12.2. The van der Waals surface area contributed by atoms with Crippen LogP contribution in [-0.4, -0.2) is 41.9 Å². The number of carbonyl (C=O) groups is 2. The molecule has 2 heterocycles. The molecule has 0 atom stereocenters. The third-order valence-corrected chi connectivity index (χ3v) is 7.67. The minimum Gasteiger partial charge on any atom is -0.459 e. The number of Topliss-reactive ketones (excluding diaryl/α,β-unsaturated/α-hetero) is 1. The number of nitrogens with zero attached hydrogens (tertiary/aromatic N) is 3. The molecule has 0 radical (unpaired) electrons. The molecule has 0 spiro atoms. The molecule has 0 bridgehead atoms. The quantitative estimate of drug-likeness (QED) is 0.196. The van der Waals surface area contributed by atoms with Gasteiger partial charge in [-0.25, -0.2) is 13.4 Å². The van der Waals surface area contributed by atoms with Crippen molar-refractivity contribution in [3.8, 4) is 5.82 Å². The Bertz CT molecular complexity index is 1640. The minimum absolute atomic E-state index is 0.0866. The number of fused-ring (bicyclic) bond motifs is 1. The van der Waals surface area contributed by atoms with E-state index in [4.69, 9.17) is 27.9 Å². The highest BCUT2D eigenvalue weighted by atomic mass is 35.5. The third-order valence-electron chi connectivity index (χ3n) is 5.48. The summed E-state index contributed by atoms with van der Waals surface area (Å²) in [5.41, 5.74) is 0.669. The summed E-state index contributed by atoms with van der Waals surface area (Å²) < 4.78 is 35.7. The molecular weight excluding hydrogens is 549 g/mol. The van der Waals surface area contributed by atoms with Crippen LogP contribution in [0, 0.1) is 0 Å². The van der Waals surface area contributed by atoms with Crippen LogP contribution in [0.2, 0.25) is 10.0 Å². The van der Waals surface area contributed by atoms with Gasteiger partial charge in [0.15, 0.2) is 5.78 Å². The molecule has 0 saturated carbocycles. The number of carbonyl (C=O) groups excluding carboxylic acids is 2. The van der Waals surface area contributed by atoms with Crippen LogP contribution >= 0.6 is 23.2 Å². The van der Waals surface area contributed by atoms with Crippen LogP contribution in [0.15, 0.2) is 71.9 Å². The predicted molar refractivity (Wildman–Crippen MR) is 148 cm³/mol. The number of pyridine rings is 1. The van der Waals surface area contributed by atoms with Crippen LogP contribution in [-0.2, 0) is 19.6 Å². The van der Waals surface area contributed by atoms with Gasteiger partial charge in [0.2, 0.25) is 0 Å². The molecule has 0 aliphatic heterocycles. The van der Waals surface area contributed by atoms with Gasteiger partial charge in [-0.1, -0.05) is 23.2 Å². The summed E-state index contributed by atoms with van der Waals surface area (Å²) in [4.78, 5) is 28.8. The smallest absolute Gasteiger partial charge is 0.327 e. The van der Waals surface area contributed by atoms with Crippen LogP contribution in [0.25, 0.3) is 16.7 Å². The fourth-order valence-electron chi connectivity index (χ4n) is 3.86. The first kappa shape index (κ1) is 27.6. The van der Waals surface area contributed by atoms with E-state index >= 15 is 0 Å².